The highest BCUT2D eigenvalue weighted by Gasteiger charge is 2.53. The molecule has 130 valence electrons. The molecule has 1 aliphatic carbocycles. The molecule has 1 unspecified atom stereocenters. The largest absolute Gasteiger partial charge is 0.481 e. The van der Waals surface area contributed by atoms with Gasteiger partial charge in [0.2, 0.25) is 11.8 Å². The second kappa shape index (κ2) is 7.85. The molecule has 0 aromatic heterocycles. The monoisotopic (exact) mass is 372 g/mol. The van der Waals surface area contributed by atoms with Crippen molar-refractivity contribution < 1.29 is 19.5 Å². The first-order valence-corrected chi connectivity index (χ1v) is 8.27. The Labute approximate surface area is 149 Å². The summed E-state index contributed by atoms with van der Waals surface area (Å²) in [7, 11) is 0. The molecule has 0 bridgehead atoms. The van der Waals surface area contributed by atoms with Crippen molar-refractivity contribution in [3.8, 4) is 0 Å². The van der Waals surface area contributed by atoms with Crippen LogP contribution in [-0.4, -0.2) is 39.3 Å². The average molecular weight is 373 g/mol. The highest BCUT2D eigenvalue weighted by Crippen LogP contribution is 2.46. The maximum atomic E-state index is 12.4. The fraction of sp³-hybridized carbons (Fsp3) is 0.438. The molecule has 0 saturated heterocycles. The second-order valence-electron chi connectivity index (χ2n) is 5.73. The molecule has 2 amide bonds. The van der Waals surface area contributed by atoms with E-state index in [9.17, 15) is 14.4 Å². The van der Waals surface area contributed by atoms with E-state index in [2.05, 4.69) is 10.6 Å². The maximum Gasteiger partial charge on any atom is 0.303 e. The van der Waals surface area contributed by atoms with E-state index in [1.165, 1.54) is 0 Å². The van der Waals surface area contributed by atoms with Gasteiger partial charge in [-0.2, -0.15) is 0 Å². The molecule has 1 saturated carbocycles. The minimum atomic E-state index is -1.07. The molecule has 0 radical (unpaired) electrons. The van der Waals surface area contributed by atoms with Crippen molar-refractivity contribution in [1.29, 1.82) is 0 Å². The lowest BCUT2D eigenvalue weighted by Crippen LogP contribution is -2.49. The number of nitrogens with one attached hydrogen (secondary N) is 2. The van der Waals surface area contributed by atoms with Gasteiger partial charge >= 0.3 is 5.97 Å². The van der Waals surface area contributed by atoms with Crippen LogP contribution in [0.5, 0.6) is 0 Å². The van der Waals surface area contributed by atoms with E-state index in [4.69, 9.17) is 28.3 Å². The van der Waals surface area contributed by atoms with Crippen molar-refractivity contribution in [2.45, 2.75) is 42.1 Å². The number of carboxylic acid groups (broad SMARTS) is 1. The van der Waals surface area contributed by atoms with Gasteiger partial charge in [-0.05, 0) is 5.56 Å². The maximum absolute atomic E-state index is 12.4. The Balaban J connectivity index is 1.99. The Kier molecular flexibility index (Phi) is 6.07. The number of carbonyl (C=O) groups is 3. The summed E-state index contributed by atoms with van der Waals surface area (Å²) < 4.78 is -0.958. The van der Waals surface area contributed by atoms with Crippen molar-refractivity contribution in [2.75, 3.05) is 0 Å². The second-order valence-corrected chi connectivity index (χ2v) is 7.27. The third kappa shape index (κ3) is 5.69. The molecular formula is C16H18Cl2N2O4. The summed E-state index contributed by atoms with van der Waals surface area (Å²) in [6.07, 6.45) is 0.259. The molecule has 8 heteroatoms. The zero-order valence-electron chi connectivity index (χ0n) is 12.8. The van der Waals surface area contributed by atoms with Gasteiger partial charge in [0.1, 0.15) is 10.4 Å². The summed E-state index contributed by atoms with van der Waals surface area (Å²) in [6.45, 7) is 0. The summed E-state index contributed by atoms with van der Waals surface area (Å²) in [5.74, 6) is -1.95. The number of carbonyl (C=O) groups excluding carboxylic acids is 2. The lowest BCUT2D eigenvalue weighted by atomic mass is 10.0. The Morgan fingerprint density at radius 2 is 1.83 bits per heavy atom. The normalized spacial score (nSPS) is 19.2. The topological polar surface area (TPSA) is 95.5 Å². The molecule has 1 aromatic carbocycles. The van der Waals surface area contributed by atoms with E-state index in [-0.39, 0.29) is 25.3 Å². The number of rotatable bonds is 8. The zero-order chi connectivity index (χ0) is 17.7. The van der Waals surface area contributed by atoms with Crippen molar-refractivity contribution >= 4 is 41.0 Å². The van der Waals surface area contributed by atoms with E-state index in [0.29, 0.717) is 6.42 Å². The summed E-state index contributed by atoms with van der Waals surface area (Å²) in [6, 6.07) is 8.03. The number of aliphatic carboxylic acids is 1. The molecule has 24 heavy (non-hydrogen) atoms. The summed E-state index contributed by atoms with van der Waals surface area (Å²) in [5, 5.41) is 13.9. The predicted molar refractivity (Wildman–Crippen MR) is 89.9 cm³/mol. The standard InChI is InChI=1S/C16H18Cl2N2O4/c17-16(18)9-12(16)20-15(24)11(8-10-4-2-1-3-5-10)19-13(21)6-7-14(22)23/h1-5,11-12H,6-9H2,(H,19,21)(H,20,24)(H,22,23)/t11-,12?/m0/s1. The van der Waals surface area contributed by atoms with E-state index in [0.717, 1.165) is 5.56 Å². The van der Waals surface area contributed by atoms with Gasteiger partial charge in [-0.1, -0.05) is 53.5 Å². The lowest BCUT2D eigenvalue weighted by molar-refractivity contribution is -0.139. The van der Waals surface area contributed by atoms with E-state index in [1.54, 1.807) is 0 Å². The minimum absolute atomic E-state index is 0.188. The van der Waals surface area contributed by atoms with Gasteiger partial charge in [-0.25, -0.2) is 0 Å². The Bertz CT molecular complexity index is 622. The highest BCUT2D eigenvalue weighted by molar-refractivity contribution is 6.51. The first-order valence-electron chi connectivity index (χ1n) is 7.51. The first kappa shape index (κ1) is 18.5. The molecule has 1 aromatic rings. The van der Waals surface area contributed by atoms with Crippen LogP contribution in [0.2, 0.25) is 0 Å². The molecule has 0 heterocycles. The van der Waals surface area contributed by atoms with Crippen molar-refractivity contribution in [2.24, 2.45) is 0 Å². The quantitative estimate of drug-likeness (QED) is 0.604. The van der Waals surface area contributed by atoms with Gasteiger partial charge in [0.15, 0.2) is 0 Å². The number of carboxylic acids is 1. The predicted octanol–water partition coefficient (Wildman–Crippen LogP) is 1.64. The van der Waals surface area contributed by atoms with Gasteiger partial charge in [0.05, 0.1) is 12.5 Å². The third-order valence-corrected chi connectivity index (χ3v) is 4.48. The smallest absolute Gasteiger partial charge is 0.303 e. The number of benzene rings is 1. The molecule has 2 rings (SSSR count). The number of amides is 2. The summed E-state index contributed by atoms with van der Waals surface area (Å²) in [4.78, 5) is 34.8. The highest BCUT2D eigenvalue weighted by atomic mass is 35.5. The van der Waals surface area contributed by atoms with Gasteiger partial charge < -0.3 is 15.7 Å². The molecular weight excluding hydrogens is 355 g/mol. The fourth-order valence-corrected chi connectivity index (χ4v) is 2.61. The van der Waals surface area contributed by atoms with Crippen LogP contribution in [0.3, 0.4) is 0 Å². The number of halogens is 2. The van der Waals surface area contributed by atoms with E-state index in [1.807, 2.05) is 30.3 Å². The van der Waals surface area contributed by atoms with Crippen LogP contribution in [0.1, 0.15) is 24.8 Å². The summed E-state index contributed by atoms with van der Waals surface area (Å²) >= 11 is 11.8. The molecule has 1 aliphatic rings. The number of hydrogen-bond donors (Lipinski definition) is 3. The lowest BCUT2D eigenvalue weighted by Gasteiger charge is -2.19. The van der Waals surface area contributed by atoms with Crippen LogP contribution >= 0.6 is 23.2 Å². The van der Waals surface area contributed by atoms with E-state index >= 15 is 0 Å². The third-order valence-electron chi connectivity index (χ3n) is 3.64. The van der Waals surface area contributed by atoms with Crippen molar-refractivity contribution in [3.05, 3.63) is 35.9 Å². The van der Waals surface area contributed by atoms with E-state index < -0.39 is 28.2 Å². The van der Waals surface area contributed by atoms with Gasteiger partial charge in [-0.15, -0.1) is 0 Å². The van der Waals surface area contributed by atoms with Crippen LogP contribution in [-0.2, 0) is 20.8 Å². The Morgan fingerprint density at radius 1 is 1.21 bits per heavy atom. The van der Waals surface area contributed by atoms with Gasteiger partial charge in [0, 0.05) is 19.3 Å². The van der Waals surface area contributed by atoms with Gasteiger partial charge in [-0.3, -0.25) is 14.4 Å². The SMILES string of the molecule is O=C(O)CCC(=O)N[C@@H](Cc1ccccc1)C(=O)NC1CC1(Cl)Cl. The molecule has 6 nitrogen and oxygen atoms in total. The molecule has 3 N–H and O–H groups in total. The van der Waals surface area contributed by atoms with Crippen molar-refractivity contribution in [3.63, 3.8) is 0 Å². The van der Waals surface area contributed by atoms with Crippen LogP contribution in [0.25, 0.3) is 0 Å². The van der Waals surface area contributed by atoms with Gasteiger partial charge in [0.25, 0.3) is 0 Å². The molecule has 0 spiro atoms. The van der Waals surface area contributed by atoms with Crippen LogP contribution in [0.4, 0.5) is 0 Å². The van der Waals surface area contributed by atoms with Crippen LogP contribution in [0.15, 0.2) is 30.3 Å². The number of hydrogen-bond acceptors (Lipinski definition) is 3. The van der Waals surface area contributed by atoms with Crippen LogP contribution < -0.4 is 10.6 Å². The fourth-order valence-electron chi connectivity index (χ4n) is 2.19. The Morgan fingerprint density at radius 3 is 2.38 bits per heavy atom. The van der Waals surface area contributed by atoms with Crippen molar-refractivity contribution in [1.82, 2.24) is 10.6 Å². The molecule has 1 fully saturated rings. The zero-order valence-corrected chi connectivity index (χ0v) is 14.3. The van der Waals surface area contributed by atoms with Crippen LogP contribution in [0, 0.1) is 0 Å². The summed E-state index contributed by atoms with van der Waals surface area (Å²) in [5.41, 5.74) is 0.870. The minimum Gasteiger partial charge on any atom is -0.481 e. The number of alkyl halides is 2. The molecule has 2 atom stereocenters. The Hall–Kier alpha value is -1.79. The molecule has 0 aliphatic heterocycles. The average Bonchev–Trinajstić information content (AvgIpc) is 3.12. The first-order chi connectivity index (χ1) is 11.3.